The molecule has 1 aromatic carbocycles. The second kappa shape index (κ2) is 9.00. The molecule has 0 amide bonds. The number of aliphatic hydroxyl groups excluding tert-OH is 1. The van der Waals surface area contributed by atoms with Crippen LogP contribution in [0.25, 0.3) is 0 Å². The van der Waals surface area contributed by atoms with Gasteiger partial charge in [0, 0.05) is 25.2 Å². The highest BCUT2D eigenvalue weighted by Gasteiger charge is 2.15. The van der Waals surface area contributed by atoms with Crippen molar-refractivity contribution in [1.82, 2.24) is 4.90 Å². The summed E-state index contributed by atoms with van der Waals surface area (Å²) >= 11 is 0. The molecule has 1 aromatic rings. The van der Waals surface area contributed by atoms with E-state index < -0.39 is 6.10 Å². The second-order valence-electron chi connectivity index (χ2n) is 4.96. The summed E-state index contributed by atoms with van der Waals surface area (Å²) in [6, 6.07) is 6.95. The van der Waals surface area contributed by atoms with Gasteiger partial charge in [0.15, 0.2) is 5.78 Å². The van der Waals surface area contributed by atoms with Crippen molar-refractivity contribution in [3.05, 3.63) is 29.8 Å². The largest absolute Gasteiger partial charge is 0.491 e. The molecule has 5 nitrogen and oxygen atoms in total. The van der Waals surface area contributed by atoms with Crippen LogP contribution in [-0.4, -0.2) is 61.3 Å². The number of benzene rings is 1. The quantitative estimate of drug-likeness (QED) is 0.804. The van der Waals surface area contributed by atoms with Crippen molar-refractivity contribution < 1.29 is 19.4 Å². The molecule has 0 aromatic heterocycles. The van der Waals surface area contributed by atoms with Gasteiger partial charge < -0.3 is 14.6 Å². The van der Waals surface area contributed by atoms with E-state index in [1.165, 1.54) is 6.92 Å². The molecule has 1 atom stereocenters. The zero-order chi connectivity index (χ0) is 14.4. The molecule has 1 aliphatic rings. The van der Waals surface area contributed by atoms with Gasteiger partial charge in [-0.1, -0.05) is 0 Å². The summed E-state index contributed by atoms with van der Waals surface area (Å²) < 4.78 is 10.8. The van der Waals surface area contributed by atoms with E-state index in [1.807, 2.05) is 0 Å². The number of rotatable bonds is 6. The van der Waals surface area contributed by atoms with E-state index in [2.05, 4.69) is 4.90 Å². The fraction of sp³-hybridized carbons (Fsp3) is 0.533. The molecule has 0 radical (unpaired) electrons. The van der Waals surface area contributed by atoms with Crippen LogP contribution in [0.4, 0.5) is 0 Å². The Hall–Kier alpha value is -1.14. The number of carbonyl (C=O) groups is 1. The third kappa shape index (κ3) is 6.01. The molecular formula is C15H22ClNO4. The van der Waals surface area contributed by atoms with Crippen molar-refractivity contribution in [2.24, 2.45) is 0 Å². The van der Waals surface area contributed by atoms with Crippen molar-refractivity contribution >= 4 is 18.2 Å². The molecule has 1 N–H and O–H groups in total. The first kappa shape index (κ1) is 17.9. The molecular weight excluding hydrogens is 294 g/mol. The van der Waals surface area contributed by atoms with Crippen LogP contribution in [0.1, 0.15) is 17.3 Å². The Labute approximate surface area is 131 Å². The van der Waals surface area contributed by atoms with Gasteiger partial charge in [0.25, 0.3) is 0 Å². The third-order valence-electron chi connectivity index (χ3n) is 3.28. The molecule has 1 saturated heterocycles. The predicted molar refractivity (Wildman–Crippen MR) is 82.5 cm³/mol. The number of aliphatic hydroxyl groups is 1. The summed E-state index contributed by atoms with van der Waals surface area (Å²) in [6.45, 7) is 5.52. The van der Waals surface area contributed by atoms with Crippen molar-refractivity contribution in [2.45, 2.75) is 13.0 Å². The zero-order valence-corrected chi connectivity index (χ0v) is 13.0. The fourth-order valence-electron chi connectivity index (χ4n) is 2.11. The van der Waals surface area contributed by atoms with Crippen LogP contribution in [0.3, 0.4) is 0 Å². The van der Waals surface area contributed by atoms with E-state index in [-0.39, 0.29) is 24.8 Å². The number of ketones is 1. The molecule has 6 heteroatoms. The van der Waals surface area contributed by atoms with E-state index in [4.69, 9.17) is 9.47 Å². The third-order valence-corrected chi connectivity index (χ3v) is 3.28. The smallest absolute Gasteiger partial charge is 0.159 e. The van der Waals surface area contributed by atoms with Crippen LogP contribution in [0.5, 0.6) is 5.75 Å². The SMILES string of the molecule is CC(=O)c1ccc(OCC(O)CN2CCOCC2)cc1.Cl. The number of Topliss-reactive ketones (excluding diaryl/α,β-unsaturated/α-hetero) is 1. The van der Waals surface area contributed by atoms with Crippen LogP contribution in [0.2, 0.25) is 0 Å². The number of hydrogen-bond acceptors (Lipinski definition) is 5. The van der Waals surface area contributed by atoms with Crippen LogP contribution in [-0.2, 0) is 4.74 Å². The Morgan fingerprint density at radius 3 is 2.52 bits per heavy atom. The number of hydrogen-bond donors (Lipinski definition) is 1. The van der Waals surface area contributed by atoms with Crippen molar-refractivity contribution in [1.29, 1.82) is 0 Å². The number of nitrogens with zero attached hydrogens (tertiary/aromatic N) is 1. The van der Waals surface area contributed by atoms with Crippen LogP contribution in [0, 0.1) is 0 Å². The predicted octanol–water partition coefficient (Wildman–Crippen LogP) is 1.38. The topological polar surface area (TPSA) is 59.0 Å². The summed E-state index contributed by atoms with van der Waals surface area (Å²) in [5, 5.41) is 9.94. The van der Waals surface area contributed by atoms with E-state index in [9.17, 15) is 9.90 Å². The van der Waals surface area contributed by atoms with Gasteiger partial charge in [-0.15, -0.1) is 12.4 Å². The minimum atomic E-state index is -0.527. The van der Waals surface area contributed by atoms with Crippen molar-refractivity contribution in [2.75, 3.05) is 39.5 Å². The first-order valence-corrected chi connectivity index (χ1v) is 6.87. The lowest BCUT2D eigenvalue weighted by molar-refractivity contribution is 0.00465. The molecule has 0 bridgehead atoms. The maximum absolute atomic E-state index is 11.1. The fourth-order valence-corrected chi connectivity index (χ4v) is 2.11. The lowest BCUT2D eigenvalue weighted by Crippen LogP contribution is -2.42. The molecule has 1 unspecified atom stereocenters. The average molecular weight is 316 g/mol. The molecule has 0 saturated carbocycles. The Bertz CT molecular complexity index is 432. The molecule has 1 aliphatic heterocycles. The maximum atomic E-state index is 11.1. The van der Waals surface area contributed by atoms with Gasteiger partial charge in [0.05, 0.1) is 13.2 Å². The molecule has 21 heavy (non-hydrogen) atoms. The van der Waals surface area contributed by atoms with E-state index in [1.54, 1.807) is 24.3 Å². The van der Waals surface area contributed by atoms with Crippen LogP contribution < -0.4 is 4.74 Å². The minimum absolute atomic E-state index is 0. The normalized spacial score (nSPS) is 16.9. The first-order chi connectivity index (χ1) is 9.65. The monoisotopic (exact) mass is 315 g/mol. The number of carbonyl (C=O) groups excluding carboxylic acids is 1. The number of morpholine rings is 1. The first-order valence-electron chi connectivity index (χ1n) is 6.87. The van der Waals surface area contributed by atoms with Gasteiger partial charge in [0.1, 0.15) is 18.5 Å². The maximum Gasteiger partial charge on any atom is 0.159 e. The highest BCUT2D eigenvalue weighted by Crippen LogP contribution is 2.13. The molecule has 2 rings (SSSR count). The van der Waals surface area contributed by atoms with Gasteiger partial charge in [-0.25, -0.2) is 0 Å². The summed E-state index contributed by atoms with van der Waals surface area (Å²) in [4.78, 5) is 13.3. The summed E-state index contributed by atoms with van der Waals surface area (Å²) in [6.07, 6.45) is -0.527. The van der Waals surface area contributed by atoms with E-state index in [0.29, 0.717) is 17.9 Å². The summed E-state index contributed by atoms with van der Waals surface area (Å²) in [5.41, 5.74) is 0.659. The minimum Gasteiger partial charge on any atom is -0.491 e. The van der Waals surface area contributed by atoms with Crippen molar-refractivity contribution in [3.63, 3.8) is 0 Å². The molecule has 1 fully saturated rings. The van der Waals surface area contributed by atoms with Crippen LogP contribution >= 0.6 is 12.4 Å². The molecule has 1 heterocycles. The Balaban J connectivity index is 0.00000220. The molecule has 0 aliphatic carbocycles. The van der Waals surface area contributed by atoms with E-state index in [0.717, 1.165) is 26.3 Å². The van der Waals surface area contributed by atoms with Gasteiger partial charge in [0.2, 0.25) is 0 Å². The Morgan fingerprint density at radius 2 is 1.95 bits per heavy atom. The molecule has 118 valence electrons. The number of halogens is 1. The molecule has 0 spiro atoms. The second-order valence-corrected chi connectivity index (χ2v) is 4.96. The number of β-amino-alcohol motifs (C(OH)–C–C–N with tert-alkyl or cyclic N) is 1. The van der Waals surface area contributed by atoms with Gasteiger partial charge in [-0.05, 0) is 31.2 Å². The Kier molecular flexibility index (Phi) is 7.67. The van der Waals surface area contributed by atoms with Gasteiger partial charge in [-0.3, -0.25) is 9.69 Å². The highest BCUT2D eigenvalue weighted by atomic mass is 35.5. The standard InChI is InChI=1S/C15H21NO4.ClH/c1-12(17)13-2-4-15(5-3-13)20-11-14(18)10-16-6-8-19-9-7-16;/h2-5,14,18H,6-11H2,1H3;1H. The van der Waals surface area contributed by atoms with Crippen molar-refractivity contribution in [3.8, 4) is 5.75 Å². The average Bonchev–Trinajstić information content (AvgIpc) is 2.46. The lowest BCUT2D eigenvalue weighted by Gasteiger charge is -2.28. The van der Waals surface area contributed by atoms with Gasteiger partial charge in [-0.2, -0.15) is 0 Å². The summed E-state index contributed by atoms with van der Waals surface area (Å²) in [7, 11) is 0. The lowest BCUT2D eigenvalue weighted by atomic mass is 10.1. The van der Waals surface area contributed by atoms with Gasteiger partial charge >= 0.3 is 0 Å². The number of ether oxygens (including phenoxy) is 2. The highest BCUT2D eigenvalue weighted by molar-refractivity contribution is 5.94. The Morgan fingerprint density at radius 1 is 1.33 bits per heavy atom. The summed E-state index contributed by atoms with van der Waals surface area (Å²) in [5.74, 6) is 0.694. The van der Waals surface area contributed by atoms with Crippen LogP contribution in [0.15, 0.2) is 24.3 Å². The zero-order valence-electron chi connectivity index (χ0n) is 12.2. The van der Waals surface area contributed by atoms with E-state index >= 15 is 0 Å².